The third-order valence-corrected chi connectivity index (χ3v) is 3.55. The first-order valence-corrected chi connectivity index (χ1v) is 6.66. The lowest BCUT2D eigenvalue weighted by molar-refractivity contribution is -0.114. The molecule has 1 aromatic rings. The van der Waals surface area contributed by atoms with E-state index in [9.17, 15) is 18.4 Å². The van der Waals surface area contributed by atoms with E-state index in [1.165, 1.54) is 0 Å². The molecule has 1 N–H and O–H groups in total. The number of rotatable bonds is 5. The Morgan fingerprint density at radius 3 is 2.70 bits per heavy atom. The summed E-state index contributed by atoms with van der Waals surface area (Å²) in [6.07, 6.45) is 2.95. The number of carbonyl (C=O) groups excluding carboxylic acids is 2. The average molecular weight is 280 g/mol. The highest BCUT2D eigenvalue weighted by Gasteiger charge is 2.38. The number of ketones is 1. The fraction of sp³-hybridized carbons (Fsp3) is 0.429. The molecule has 2 aliphatic rings. The smallest absolute Gasteiger partial charge is 0.299 e. The van der Waals surface area contributed by atoms with Crippen molar-refractivity contribution in [3.63, 3.8) is 0 Å². The summed E-state index contributed by atoms with van der Waals surface area (Å²) in [5.41, 5.74) is -0.268. The van der Waals surface area contributed by atoms with Crippen molar-refractivity contribution in [1.29, 1.82) is 0 Å². The minimum atomic E-state index is -0.866. The van der Waals surface area contributed by atoms with Crippen molar-refractivity contribution in [2.24, 2.45) is 0 Å². The van der Waals surface area contributed by atoms with Crippen LogP contribution in [0.4, 0.5) is 14.5 Å². The van der Waals surface area contributed by atoms with Crippen LogP contribution in [0.3, 0.4) is 0 Å². The van der Waals surface area contributed by atoms with Gasteiger partial charge in [0.15, 0.2) is 5.82 Å². The van der Waals surface area contributed by atoms with Crippen LogP contribution in [-0.4, -0.2) is 30.8 Å². The third kappa shape index (κ3) is 2.31. The van der Waals surface area contributed by atoms with E-state index in [0.717, 1.165) is 23.8 Å². The van der Waals surface area contributed by atoms with Crippen LogP contribution < -0.4 is 10.2 Å². The fourth-order valence-electron chi connectivity index (χ4n) is 2.40. The molecule has 1 heterocycles. The number of amides is 1. The monoisotopic (exact) mass is 280 g/mol. The molecule has 3 rings (SSSR count). The first-order chi connectivity index (χ1) is 9.58. The van der Waals surface area contributed by atoms with Crippen LogP contribution >= 0.6 is 0 Å². The van der Waals surface area contributed by atoms with Gasteiger partial charge in [0.2, 0.25) is 0 Å². The van der Waals surface area contributed by atoms with Crippen LogP contribution in [0.15, 0.2) is 12.1 Å². The van der Waals surface area contributed by atoms with Crippen LogP contribution in [0.2, 0.25) is 0 Å². The maximum atomic E-state index is 13.8. The predicted octanol–water partition coefficient (Wildman–Crippen LogP) is 1.64. The number of hydrogen-bond acceptors (Lipinski definition) is 3. The van der Waals surface area contributed by atoms with Crippen LogP contribution in [0.1, 0.15) is 29.6 Å². The minimum absolute atomic E-state index is 0.0900. The second-order valence-electron chi connectivity index (χ2n) is 5.15. The van der Waals surface area contributed by atoms with Crippen molar-refractivity contribution in [1.82, 2.24) is 5.32 Å². The van der Waals surface area contributed by atoms with Crippen molar-refractivity contribution in [3.8, 4) is 0 Å². The molecule has 1 aliphatic heterocycles. The van der Waals surface area contributed by atoms with Gasteiger partial charge in [-0.1, -0.05) is 0 Å². The Morgan fingerprint density at radius 2 is 2.00 bits per heavy atom. The van der Waals surface area contributed by atoms with Gasteiger partial charge in [0.1, 0.15) is 5.82 Å². The lowest BCUT2D eigenvalue weighted by atomic mass is 10.1. The third-order valence-electron chi connectivity index (χ3n) is 3.55. The quantitative estimate of drug-likeness (QED) is 0.659. The fourth-order valence-corrected chi connectivity index (χ4v) is 2.40. The summed E-state index contributed by atoms with van der Waals surface area (Å²) in [5.74, 6) is -3.33. The van der Waals surface area contributed by atoms with E-state index in [-0.39, 0.29) is 17.8 Å². The summed E-state index contributed by atoms with van der Waals surface area (Å²) in [4.78, 5) is 24.7. The summed E-state index contributed by atoms with van der Waals surface area (Å²) in [5, 5.41) is 3.28. The number of halogens is 2. The van der Waals surface area contributed by atoms with Gasteiger partial charge in [0, 0.05) is 18.7 Å². The Morgan fingerprint density at radius 1 is 1.25 bits per heavy atom. The molecule has 20 heavy (non-hydrogen) atoms. The van der Waals surface area contributed by atoms with Crippen molar-refractivity contribution >= 4 is 17.4 Å². The van der Waals surface area contributed by atoms with Gasteiger partial charge >= 0.3 is 0 Å². The first-order valence-electron chi connectivity index (χ1n) is 6.66. The Hall–Kier alpha value is -1.82. The molecule has 4 nitrogen and oxygen atoms in total. The molecule has 106 valence electrons. The molecule has 1 aromatic carbocycles. The molecule has 0 radical (unpaired) electrons. The number of benzene rings is 1. The number of fused-ring (bicyclic) bond motifs is 1. The molecular formula is C14H14F2N2O2. The summed E-state index contributed by atoms with van der Waals surface area (Å²) >= 11 is 0. The van der Waals surface area contributed by atoms with Crippen molar-refractivity contribution in [2.75, 3.05) is 18.0 Å². The zero-order chi connectivity index (χ0) is 14.3. The van der Waals surface area contributed by atoms with E-state index in [0.29, 0.717) is 25.1 Å². The van der Waals surface area contributed by atoms with Crippen LogP contribution in [0, 0.1) is 11.6 Å². The molecule has 0 unspecified atom stereocenters. The largest absolute Gasteiger partial charge is 0.314 e. The molecule has 6 heteroatoms. The number of hydrogen-bond donors (Lipinski definition) is 1. The van der Waals surface area contributed by atoms with Gasteiger partial charge in [0.05, 0.1) is 11.3 Å². The molecule has 1 saturated carbocycles. The van der Waals surface area contributed by atoms with Gasteiger partial charge in [-0.05, 0) is 31.9 Å². The maximum Gasteiger partial charge on any atom is 0.299 e. The van der Waals surface area contributed by atoms with Gasteiger partial charge in [-0.3, -0.25) is 9.59 Å². The summed E-state index contributed by atoms with van der Waals surface area (Å²) in [6, 6.07) is 2.17. The molecule has 1 amide bonds. The highest BCUT2D eigenvalue weighted by Crippen LogP contribution is 2.32. The number of anilines is 1. The van der Waals surface area contributed by atoms with Crippen molar-refractivity contribution in [3.05, 3.63) is 29.3 Å². The van der Waals surface area contributed by atoms with Crippen molar-refractivity contribution in [2.45, 2.75) is 25.3 Å². The van der Waals surface area contributed by atoms with E-state index in [4.69, 9.17) is 0 Å². The lowest BCUT2D eigenvalue weighted by Crippen LogP contribution is -2.33. The Kier molecular flexibility index (Phi) is 3.25. The average Bonchev–Trinajstić information content (AvgIpc) is 3.18. The first kappa shape index (κ1) is 13.2. The van der Waals surface area contributed by atoms with Gasteiger partial charge in [-0.15, -0.1) is 0 Å². The molecule has 0 atom stereocenters. The topological polar surface area (TPSA) is 49.4 Å². The molecule has 0 aromatic heterocycles. The number of carbonyl (C=O) groups is 2. The Labute approximate surface area is 114 Å². The van der Waals surface area contributed by atoms with Gasteiger partial charge in [-0.25, -0.2) is 8.78 Å². The molecule has 0 spiro atoms. The number of nitrogens with one attached hydrogen (secondary N) is 1. The van der Waals surface area contributed by atoms with Crippen molar-refractivity contribution < 1.29 is 18.4 Å². The summed E-state index contributed by atoms with van der Waals surface area (Å²) < 4.78 is 26.9. The predicted molar refractivity (Wildman–Crippen MR) is 68.7 cm³/mol. The van der Waals surface area contributed by atoms with E-state index in [2.05, 4.69) is 5.32 Å². The molecule has 0 bridgehead atoms. The Bertz CT molecular complexity index is 585. The van der Waals surface area contributed by atoms with Gasteiger partial charge in [0.25, 0.3) is 11.7 Å². The van der Waals surface area contributed by atoms with E-state index < -0.39 is 23.3 Å². The molecular weight excluding hydrogens is 266 g/mol. The van der Waals surface area contributed by atoms with Crippen LogP contribution in [0.25, 0.3) is 0 Å². The highest BCUT2D eigenvalue weighted by molar-refractivity contribution is 6.52. The van der Waals surface area contributed by atoms with E-state index in [1.807, 2.05) is 0 Å². The number of nitrogens with zero attached hydrogens (tertiary/aromatic N) is 1. The van der Waals surface area contributed by atoms with E-state index in [1.54, 1.807) is 0 Å². The zero-order valence-electron chi connectivity index (χ0n) is 10.8. The zero-order valence-corrected chi connectivity index (χ0v) is 10.8. The molecule has 1 aliphatic carbocycles. The SMILES string of the molecule is O=C1C(=O)N(CCCNC2CC2)c2c(F)cc(F)cc21. The normalized spacial score (nSPS) is 17.8. The van der Waals surface area contributed by atoms with Crippen LogP contribution in [-0.2, 0) is 4.79 Å². The van der Waals surface area contributed by atoms with E-state index >= 15 is 0 Å². The lowest BCUT2D eigenvalue weighted by Gasteiger charge is -2.17. The summed E-state index contributed by atoms with van der Waals surface area (Å²) in [6.45, 7) is 0.959. The second-order valence-corrected chi connectivity index (χ2v) is 5.15. The number of Topliss-reactive ketones (excluding diaryl/α,β-unsaturated/α-hetero) is 1. The molecule has 1 fully saturated rings. The highest BCUT2D eigenvalue weighted by atomic mass is 19.1. The maximum absolute atomic E-state index is 13.8. The van der Waals surface area contributed by atoms with Gasteiger partial charge in [-0.2, -0.15) is 0 Å². The van der Waals surface area contributed by atoms with Crippen LogP contribution in [0.5, 0.6) is 0 Å². The minimum Gasteiger partial charge on any atom is -0.314 e. The Balaban J connectivity index is 1.75. The standard InChI is InChI=1S/C14H14F2N2O2/c15-8-6-10-12(11(16)7-8)18(14(20)13(10)19)5-1-4-17-9-2-3-9/h6-7,9,17H,1-5H2. The van der Waals surface area contributed by atoms with Gasteiger partial charge < -0.3 is 10.2 Å². The molecule has 0 saturated heterocycles. The second kappa shape index (κ2) is 4.94. The summed E-state index contributed by atoms with van der Waals surface area (Å²) in [7, 11) is 0.